The summed E-state index contributed by atoms with van der Waals surface area (Å²) in [6, 6.07) is 16.5. The van der Waals surface area contributed by atoms with Crippen LogP contribution in [-0.4, -0.2) is 172 Å². The zero-order chi connectivity index (χ0) is 62.4. The zero-order valence-corrected chi connectivity index (χ0v) is 50.0. The van der Waals surface area contributed by atoms with Crippen LogP contribution in [0.4, 0.5) is 0 Å². The maximum atomic E-state index is 15.6. The van der Waals surface area contributed by atoms with Gasteiger partial charge in [0.25, 0.3) is 0 Å². The van der Waals surface area contributed by atoms with Crippen LogP contribution in [0.5, 0.6) is 0 Å². The largest absolute Gasteiger partial charge is 0.493 e. The minimum absolute atomic E-state index is 0.0111. The van der Waals surface area contributed by atoms with Crippen molar-refractivity contribution in [1.29, 1.82) is 0 Å². The predicted octanol–water partition coefficient (Wildman–Crippen LogP) is 4.20. The van der Waals surface area contributed by atoms with Gasteiger partial charge in [-0.3, -0.25) is 19.2 Å². The number of carbonyl (C=O) groups is 7. The van der Waals surface area contributed by atoms with Gasteiger partial charge < -0.3 is 72.9 Å². The van der Waals surface area contributed by atoms with Crippen LogP contribution >= 0.6 is 0 Å². The van der Waals surface area contributed by atoms with Crippen LogP contribution in [0.15, 0.2) is 94.8 Å². The quantitative estimate of drug-likeness (QED) is 0.0517. The molecule has 6 aliphatic carbocycles. The fourth-order valence-corrected chi connectivity index (χ4v) is 15.6. The highest BCUT2D eigenvalue weighted by Crippen LogP contribution is 2.65. The van der Waals surface area contributed by atoms with Gasteiger partial charge in [0.15, 0.2) is 30.1 Å². The number of hydrogen-bond donors (Lipinski definition) is 5. The topological polar surface area (TPSA) is 313 Å². The van der Waals surface area contributed by atoms with E-state index in [1.807, 2.05) is 0 Å². The fourth-order valence-electron chi connectivity index (χ4n) is 15.6. The van der Waals surface area contributed by atoms with E-state index in [4.69, 9.17) is 47.4 Å². The van der Waals surface area contributed by atoms with Crippen molar-refractivity contribution >= 4 is 41.4 Å². The third kappa shape index (κ3) is 10.1. The number of aliphatic hydroxyl groups excluding tert-OH is 3. The minimum Gasteiger partial charge on any atom is -0.493 e. The summed E-state index contributed by atoms with van der Waals surface area (Å²) < 4.78 is 59.7. The molecule has 5 fully saturated rings. The molecule has 22 nitrogen and oxygen atoms in total. The number of hydrogen-bond acceptors (Lipinski definition) is 22. The Morgan fingerprint density at radius 1 is 0.651 bits per heavy atom. The summed E-state index contributed by atoms with van der Waals surface area (Å²) in [5, 5.41) is 62.8. The van der Waals surface area contributed by atoms with Gasteiger partial charge in [-0.2, -0.15) is 0 Å². The molecule has 0 amide bonds. The number of carbonyl (C=O) groups excluding carboxylic acids is 7. The zero-order valence-electron chi connectivity index (χ0n) is 50.0. The summed E-state index contributed by atoms with van der Waals surface area (Å²) in [5.74, 6) is -8.67. The number of aliphatic hydroxyl groups is 5. The first kappa shape index (κ1) is 62.8. The van der Waals surface area contributed by atoms with Crippen LogP contribution in [0, 0.1) is 39.4 Å². The number of ketones is 2. The first-order chi connectivity index (χ1) is 40.4. The molecule has 22 heteroatoms. The molecule has 86 heavy (non-hydrogen) atoms. The number of esters is 5. The van der Waals surface area contributed by atoms with E-state index in [1.54, 1.807) is 102 Å². The van der Waals surface area contributed by atoms with Gasteiger partial charge in [0.1, 0.15) is 48.8 Å². The van der Waals surface area contributed by atoms with Gasteiger partial charge in [-0.1, -0.05) is 76.2 Å². The smallest absolute Gasteiger partial charge is 0.338 e. The van der Waals surface area contributed by atoms with E-state index < -0.39 is 173 Å². The van der Waals surface area contributed by atoms with E-state index in [1.165, 1.54) is 34.0 Å². The van der Waals surface area contributed by atoms with Crippen molar-refractivity contribution in [1.82, 2.24) is 0 Å². The van der Waals surface area contributed by atoms with Crippen LogP contribution in [0.25, 0.3) is 0 Å². The van der Waals surface area contributed by atoms with Crippen LogP contribution in [0.3, 0.4) is 0 Å². The monoisotopic (exact) mass is 1200 g/mol. The summed E-state index contributed by atoms with van der Waals surface area (Å²) >= 11 is 0. The van der Waals surface area contributed by atoms with E-state index in [-0.39, 0.29) is 62.2 Å². The summed E-state index contributed by atoms with van der Waals surface area (Å²) in [4.78, 5) is 98.9. The molecule has 4 bridgehead atoms. The summed E-state index contributed by atoms with van der Waals surface area (Å²) in [5.41, 5.74) is -9.25. The van der Waals surface area contributed by atoms with Crippen molar-refractivity contribution in [2.24, 2.45) is 39.4 Å². The highest BCUT2D eigenvalue weighted by Gasteiger charge is 2.74. The molecule has 18 atom stereocenters. The number of rotatable bonds is 16. The normalized spacial score (nSPS) is 37.6. The maximum Gasteiger partial charge on any atom is 0.338 e. The second-order valence-corrected chi connectivity index (χ2v) is 25.8. The molecule has 5 N–H and O–H groups in total. The lowest BCUT2D eigenvalue weighted by molar-refractivity contribution is -0.277. The molecule has 2 aliphatic heterocycles. The van der Waals surface area contributed by atoms with Gasteiger partial charge in [0.05, 0.1) is 66.9 Å². The Morgan fingerprint density at radius 3 is 1.62 bits per heavy atom. The number of Topliss-reactive ketones (excluding diaryl/α,β-unsaturated/α-hetero) is 2. The van der Waals surface area contributed by atoms with Crippen LogP contribution < -0.4 is 0 Å². The minimum atomic E-state index is -2.13. The van der Waals surface area contributed by atoms with E-state index in [9.17, 15) is 49.5 Å². The van der Waals surface area contributed by atoms with Crippen molar-refractivity contribution in [2.45, 2.75) is 173 Å². The van der Waals surface area contributed by atoms with Crippen LogP contribution in [0.1, 0.15) is 117 Å². The summed E-state index contributed by atoms with van der Waals surface area (Å²) in [7, 11) is 0. The Bertz CT molecular complexity index is 3130. The highest BCUT2D eigenvalue weighted by atomic mass is 16.6. The second-order valence-electron chi connectivity index (χ2n) is 25.8. The molecule has 8 aliphatic rings. The second kappa shape index (κ2) is 23.1. The molecule has 0 radical (unpaired) electrons. The molecular weight excluding hydrogens is 1120 g/mol. The molecule has 2 heterocycles. The van der Waals surface area contributed by atoms with Crippen LogP contribution in [0.2, 0.25) is 0 Å². The van der Waals surface area contributed by atoms with Crippen molar-refractivity contribution in [3.63, 3.8) is 0 Å². The lowest BCUT2D eigenvalue weighted by Gasteiger charge is -2.64. The summed E-state index contributed by atoms with van der Waals surface area (Å²) in [6.07, 6.45) is -13.9. The van der Waals surface area contributed by atoms with Crippen molar-refractivity contribution < 1.29 is 106 Å². The standard InChI is InChI=1S/C64H78O22/c1-31-41(81-33(3)65)25-63(75)55(85-57(73)35-17-13-11-14-18-35)49-37-27-79-39(37)23-43(67)61(49,9)53(71)51(47(31)59(63,5)6)83-45(69)29-77-21-22-78-30-46(70)84-52-48-32(2)42(82-34(4)66)26-64(76,60(48,7)8)56(86-58(74)36-19-15-12-16-20-36)50-38-28-80-40(38)24-44(68)62(50,10)54(52)72/h11-20,27,38-44,49-52,55-57,67-68,73,75-76H,21-26,28-30H2,1-10H3/t38?,39?,40?,41-,42-,43-,44-,49-,50?,51?,52?,55-,56-,57-,61+,62+,63+,64+/m0/s1. The molecule has 0 aromatic heterocycles. The fraction of sp³-hybridized carbons (Fsp3) is 0.609. The van der Waals surface area contributed by atoms with Crippen molar-refractivity contribution in [2.75, 3.05) is 33.0 Å². The third-order valence-corrected chi connectivity index (χ3v) is 20.6. The first-order valence-electron chi connectivity index (χ1n) is 29.3. The van der Waals surface area contributed by atoms with Gasteiger partial charge >= 0.3 is 29.8 Å². The third-order valence-electron chi connectivity index (χ3n) is 20.6. The van der Waals surface area contributed by atoms with Gasteiger partial charge in [-0.25, -0.2) is 14.4 Å². The molecule has 0 spiro atoms. The van der Waals surface area contributed by atoms with Gasteiger partial charge in [-0.15, -0.1) is 0 Å². The van der Waals surface area contributed by atoms with Crippen molar-refractivity contribution in [3.8, 4) is 0 Å². The predicted molar refractivity (Wildman–Crippen MR) is 297 cm³/mol. The lowest BCUT2D eigenvalue weighted by atomic mass is 9.46. The summed E-state index contributed by atoms with van der Waals surface area (Å²) in [6.45, 7) is 13.0. The molecule has 6 unspecified atom stereocenters. The highest BCUT2D eigenvalue weighted by molar-refractivity contribution is 5.97. The molecule has 2 aromatic rings. The average Bonchev–Trinajstić information content (AvgIpc) is 0.694. The van der Waals surface area contributed by atoms with Gasteiger partial charge in [-0.05, 0) is 62.1 Å². The molecular formula is C64H78O22. The molecule has 1 saturated heterocycles. The van der Waals surface area contributed by atoms with Crippen LogP contribution in [-0.2, 0) is 76.1 Å². The molecule has 2 aromatic carbocycles. The van der Waals surface area contributed by atoms with E-state index >= 15 is 9.59 Å². The van der Waals surface area contributed by atoms with Gasteiger partial charge in [0.2, 0.25) is 0 Å². The maximum absolute atomic E-state index is 15.6. The number of ether oxygens (including phenoxy) is 10. The number of benzene rings is 2. The SMILES string of the molecule is CC(=O)O[C@H]1C[C@@]2(O)[C@@H](OC(=O)c3ccccc3)C3C4COC4C[C@H](O)[C@@]3(C)C(=O)C(OC(=O)COCCOCC(=O)OC3C(=O)[C@]4(C)[C@@H](O)CC5OC=C5[C@H]4[C@H](O[C@H](O)c4ccccc4)[C@]4(O)C[C@H](OC(C)=O)C(C)=C3C4(C)C)C(=C1C)C2(C)C. The Labute approximate surface area is 498 Å². The number of fused-ring (bicyclic) bond motifs is 10. The Kier molecular flexibility index (Phi) is 16.8. The van der Waals surface area contributed by atoms with E-state index in [0.717, 1.165) is 0 Å². The van der Waals surface area contributed by atoms with E-state index in [2.05, 4.69) is 0 Å². The molecule has 466 valence electrons. The Morgan fingerprint density at radius 2 is 1.14 bits per heavy atom. The Hall–Kier alpha value is -6.21. The first-order valence-corrected chi connectivity index (χ1v) is 29.3. The lowest BCUT2D eigenvalue weighted by Crippen LogP contribution is -2.75. The molecule has 10 rings (SSSR count). The van der Waals surface area contributed by atoms with E-state index in [0.29, 0.717) is 22.3 Å². The average molecular weight is 1200 g/mol. The van der Waals surface area contributed by atoms with Gasteiger partial charge in [0, 0.05) is 79.3 Å². The molecule has 4 saturated carbocycles. The van der Waals surface area contributed by atoms with Crippen molar-refractivity contribution in [3.05, 3.63) is 106 Å². The Balaban J connectivity index is 0.871.